The normalized spacial score (nSPS) is 16.4. The van der Waals surface area contributed by atoms with Crippen molar-refractivity contribution in [2.45, 2.75) is 45.1 Å². The van der Waals surface area contributed by atoms with Gasteiger partial charge in [-0.2, -0.15) is 5.10 Å². The zero-order chi connectivity index (χ0) is 14.4. The van der Waals surface area contributed by atoms with E-state index < -0.39 is 6.10 Å². The van der Waals surface area contributed by atoms with Crippen molar-refractivity contribution < 1.29 is 9.53 Å². The van der Waals surface area contributed by atoms with Crippen molar-refractivity contribution in [3.8, 4) is 5.75 Å². The first-order chi connectivity index (χ1) is 9.65. The summed E-state index contributed by atoms with van der Waals surface area (Å²) in [5, 5.41) is 4.81. The largest absolute Gasteiger partial charge is 0.481 e. The van der Waals surface area contributed by atoms with E-state index in [4.69, 9.17) is 16.3 Å². The molecule has 1 N–H and O–H groups in total. The molecule has 0 aliphatic heterocycles. The van der Waals surface area contributed by atoms with E-state index in [0.29, 0.717) is 10.8 Å². The maximum Gasteiger partial charge on any atom is 0.280 e. The van der Waals surface area contributed by atoms with Crippen LogP contribution in [-0.4, -0.2) is 17.7 Å². The van der Waals surface area contributed by atoms with Crippen LogP contribution in [0.4, 0.5) is 0 Å². The number of carbonyl (C=O) groups excluding carboxylic acids is 1. The number of benzene rings is 1. The van der Waals surface area contributed by atoms with Crippen molar-refractivity contribution in [2.75, 3.05) is 0 Å². The molecule has 1 aromatic rings. The molecule has 1 amide bonds. The van der Waals surface area contributed by atoms with Crippen molar-refractivity contribution in [2.24, 2.45) is 5.10 Å². The number of hydrogen-bond donors (Lipinski definition) is 1. The Morgan fingerprint density at radius 3 is 2.55 bits per heavy atom. The second-order valence-corrected chi connectivity index (χ2v) is 5.37. The monoisotopic (exact) mass is 294 g/mol. The fourth-order valence-electron chi connectivity index (χ4n) is 2.07. The number of rotatable bonds is 4. The number of halogens is 1. The third-order valence-electron chi connectivity index (χ3n) is 3.25. The van der Waals surface area contributed by atoms with E-state index >= 15 is 0 Å². The van der Waals surface area contributed by atoms with Gasteiger partial charge in [-0.15, -0.1) is 0 Å². The van der Waals surface area contributed by atoms with Crippen LogP contribution in [0, 0.1) is 0 Å². The number of hydrogen-bond acceptors (Lipinski definition) is 3. The predicted molar refractivity (Wildman–Crippen MR) is 80.2 cm³/mol. The zero-order valence-electron chi connectivity index (χ0n) is 11.6. The van der Waals surface area contributed by atoms with Gasteiger partial charge >= 0.3 is 0 Å². The van der Waals surface area contributed by atoms with Crippen LogP contribution in [0.1, 0.15) is 39.0 Å². The van der Waals surface area contributed by atoms with E-state index in [1.807, 2.05) is 0 Å². The van der Waals surface area contributed by atoms with E-state index in [9.17, 15) is 4.79 Å². The molecule has 0 bridgehead atoms. The molecule has 1 saturated carbocycles. The molecule has 1 fully saturated rings. The summed E-state index contributed by atoms with van der Waals surface area (Å²) in [4.78, 5) is 11.9. The summed E-state index contributed by atoms with van der Waals surface area (Å²) in [6.07, 6.45) is 4.93. The van der Waals surface area contributed by atoms with Crippen LogP contribution >= 0.6 is 11.6 Å². The number of carbonyl (C=O) groups is 1. The molecule has 1 aromatic carbocycles. The predicted octanol–water partition coefficient (Wildman–Crippen LogP) is 3.54. The van der Waals surface area contributed by atoms with Gasteiger partial charge in [-0.3, -0.25) is 4.79 Å². The summed E-state index contributed by atoms with van der Waals surface area (Å²) in [6, 6.07) is 6.92. The Kier molecular flexibility index (Phi) is 5.41. The summed E-state index contributed by atoms with van der Waals surface area (Å²) in [6.45, 7) is 1.70. The van der Waals surface area contributed by atoms with Crippen LogP contribution < -0.4 is 10.2 Å². The molecule has 0 heterocycles. The highest BCUT2D eigenvalue weighted by Gasteiger charge is 2.15. The molecule has 1 unspecified atom stereocenters. The lowest BCUT2D eigenvalue weighted by Crippen LogP contribution is -2.34. The lowest BCUT2D eigenvalue weighted by atomic mass is 9.99. The van der Waals surface area contributed by atoms with Gasteiger partial charge in [0.1, 0.15) is 5.75 Å². The van der Waals surface area contributed by atoms with Gasteiger partial charge in [0.2, 0.25) is 0 Å². The highest BCUT2D eigenvalue weighted by atomic mass is 35.5. The molecule has 20 heavy (non-hydrogen) atoms. The minimum Gasteiger partial charge on any atom is -0.481 e. The van der Waals surface area contributed by atoms with Gasteiger partial charge in [-0.1, -0.05) is 18.0 Å². The van der Waals surface area contributed by atoms with Gasteiger partial charge in [-0.25, -0.2) is 5.43 Å². The van der Waals surface area contributed by atoms with E-state index in [1.54, 1.807) is 31.2 Å². The maximum atomic E-state index is 11.9. The number of amides is 1. The van der Waals surface area contributed by atoms with Crippen molar-refractivity contribution in [3.63, 3.8) is 0 Å². The first-order valence-corrected chi connectivity index (χ1v) is 7.30. The maximum absolute atomic E-state index is 11.9. The third-order valence-corrected chi connectivity index (χ3v) is 3.50. The molecule has 1 atom stereocenters. The number of nitrogens with zero attached hydrogens (tertiary/aromatic N) is 1. The average molecular weight is 295 g/mol. The minimum atomic E-state index is -0.593. The first-order valence-electron chi connectivity index (χ1n) is 6.92. The highest BCUT2D eigenvalue weighted by Crippen LogP contribution is 2.17. The van der Waals surface area contributed by atoms with Crippen molar-refractivity contribution in [3.05, 3.63) is 29.3 Å². The lowest BCUT2D eigenvalue weighted by molar-refractivity contribution is -0.127. The number of hydrazone groups is 1. The molecular formula is C15H19ClN2O2. The Labute approximate surface area is 124 Å². The Morgan fingerprint density at radius 2 is 1.90 bits per heavy atom. The van der Waals surface area contributed by atoms with Crippen molar-refractivity contribution in [1.82, 2.24) is 5.43 Å². The van der Waals surface area contributed by atoms with E-state index in [1.165, 1.54) is 6.42 Å². The van der Waals surface area contributed by atoms with Crippen LogP contribution in [0.15, 0.2) is 29.4 Å². The molecule has 5 heteroatoms. The third kappa shape index (κ3) is 4.53. The smallest absolute Gasteiger partial charge is 0.280 e. The SMILES string of the molecule is CC(Oc1ccc(Cl)cc1)C(=O)NN=C1CCCCC1. The molecule has 2 rings (SSSR count). The Bertz CT molecular complexity index is 477. The van der Waals surface area contributed by atoms with Gasteiger partial charge in [0.05, 0.1) is 0 Å². The lowest BCUT2D eigenvalue weighted by Gasteiger charge is -2.15. The van der Waals surface area contributed by atoms with Gasteiger partial charge in [-0.05, 0) is 56.9 Å². The first kappa shape index (κ1) is 14.9. The van der Waals surface area contributed by atoms with Crippen LogP contribution in [-0.2, 0) is 4.79 Å². The molecule has 108 valence electrons. The Hall–Kier alpha value is -1.55. The second-order valence-electron chi connectivity index (χ2n) is 4.93. The molecule has 1 aliphatic rings. The Balaban J connectivity index is 1.83. The van der Waals surface area contributed by atoms with E-state index in [0.717, 1.165) is 31.4 Å². The molecule has 0 aromatic heterocycles. The topological polar surface area (TPSA) is 50.7 Å². The summed E-state index contributed by atoms with van der Waals surface area (Å²) < 4.78 is 5.53. The molecule has 0 radical (unpaired) electrons. The van der Waals surface area contributed by atoms with Crippen molar-refractivity contribution in [1.29, 1.82) is 0 Å². The summed E-state index contributed by atoms with van der Waals surface area (Å²) in [5.74, 6) is 0.375. The molecule has 0 spiro atoms. The highest BCUT2D eigenvalue weighted by molar-refractivity contribution is 6.30. The minimum absolute atomic E-state index is 0.238. The summed E-state index contributed by atoms with van der Waals surface area (Å²) >= 11 is 5.79. The Morgan fingerprint density at radius 1 is 1.25 bits per heavy atom. The second kappa shape index (κ2) is 7.29. The molecule has 0 saturated heterocycles. The number of nitrogens with one attached hydrogen (secondary N) is 1. The van der Waals surface area contributed by atoms with Crippen LogP contribution in [0.25, 0.3) is 0 Å². The standard InChI is InChI=1S/C15H19ClN2O2/c1-11(20-14-9-7-12(16)8-10-14)15(19)18-17-13-5-3-2-4-6-13/h7-11H,2-6H2,1H3,(H,18,19). The van der Waals surface area contributed by atoms with Crippen LogP contribution in [0.5, 0.6) is 5.75 Å². The van der Waals surface area contributed by atoms with Gasteiger partial charge in [0.25, 0.3) is 5.91 Å². The number of ether oxygens (including phenoxy) is 1. The molecule has 1 aliphatic carbocycles. The quantitative estimate of drug-likeness (QED) is 0.864. The fraction of sp³-hybridized carbons (Fsp3) is 0.467. The molecular weight excluding hydrogens is 276 g/mol. The van der Waals surface area contributed by atoms with Crippen molar-refractivity contribution >= 4 is 23.2 Å². The van der Waals surface area contributed by atoms with Gasteiger partial charge in [0.15, 0.2) is 6.10 Å². The van der Waals surface area contributed by atoms with Crippen LogP contribution in [0.2, 0.25) is 5.02 Å². The molecule has 4 nitrogen and oxygen atoms in total. The zero-order valence-corrected chi connectivity index (χ0v) is 12.3. The van der Waals surface area contributed by atoms with Gasteiger partial charge < -0.3 is 4.74 Å². The van der Waals surface area contributed by atoms with E-state index in [2.05, 4.69) is 10.5 Å². The van der Waals surface area contributed by atoms with E-state index in [-0.39, 0.29) is 5.91 Å². The van der Waals surface area contributed by atoms with Crippen LogP contribution in [0.3, 0.4) is 0 Å². The summed E-state index contributed by atoms with van der Waals surface area (Å²) in [7, 11) is 0. The fourth-order valence-corrected chi connectivity index (χ4v) is 2.19. The summed E-state index contributed by atoms with van der Waals surface area (Å²) in [5.41, 5.74) is 3.65. The van der Waals surface area contributed by atoms with Gasteiger partial charge in [0, 0.05) is 10.7 Å². The average Bonchev–Trinajstić information content (AvgIpc) is 2.48.